The average Bonchev–Trinajstić information content (AvgIpc) is 2.61. The number of amides is 1. The first-order valence-corrected chi connectivity index (χ1v) is 8.20. The molecular formula is C17H22N2O7. The van der Waals surface area contributed by atoms with E-state index < -0.39 is 40.3 Å². The van der Waals surface area contributed by atoms with E-state index in [1.54, 1.807) is 13.8 Å². The van der Waals surface area contributed by atoms with Crippen LogP contribution in [0.2, 0.25) is 0 Å². The normalized spacial score (nSPS) is 11.7. The van der Waals surface area contributed by atoms with E-state index >= 15 is 0 Å². The first kappa shape index (κ1) is 21.1. The molecule has 0 saturated heterocycles. The van der Waals surface area contributed by atoms with Crippen LogP contribution in [0.1, 0.15) is 38.2 Å². The minimum atomic E-state index is -1.72. The van der Waals surface area contributed by atoms with Crippen molar-refractivity contribution in [3.8, 4) is 0 Å². The second kappa shape index (κ2) is 10.1. The largest absolute Gasteiger partial charge is 0.465 e. The standard InChI is InChI=1S/C17H22N2O7/c1-3-9-25-16(21)14(17(22)26-10-4-2)13(15(18)20)11-7-5-6-8-12(11)19(23)24/h5-8,13-14H,3-4,9-10H2,1-2H3,(H2,18,20). The number of carbonyl (C=O) groups excluding carboxylic acids is 3. The highest BCUT2D eigenvalue weighted by Gasteiger charge is 2.44. The van der Waals surface area contributed by atoms with Crippen LogP contribution in [0.3, 0.4) is 0 Å². The zero-order chi connectivity index (χ0) is 19.7. The van der Waals surface area contributed by atoms with Crippen molar-refractivity contribution in [1.82, 2.24) is 0 Å². The Balaban J connectivity index is 3.40. The summed E-state index contributed by atoms with van der Waals surface area (Å²) in [7, 11) is 0. The smallest absolute Gasteiger partial charge is 0.321 e. The molecule has 1 aromatic rings. The van der Waals surface area contributed by atoms with Crippen molar-refractivity contribution >= 4 is 23.5 Å². The first-order chi connectivity index (χ1) is 12.3. The number of primary amides is 1. The summed E-state index contributed by atoms with van der Waals surface area (Å²) >= 11 is 0. The molecule has 0 aromatic heterocycles. The Kier molecular flexibility index (Phi) is 8.20. The number of para-hydroxylation sites is 1. The van der Waals surface area contributed by atoms with Gasteiger partial charge in [0.1, 0.15) is 0 Å². The highest BCUT2D eigenvalue weighted by Crippen LogP contribution is 2.33. The number of rotatable bonds is 10. The third kappa shape index (κ3) is 5.27. The summed E-state index contributed by atoms with van der Waals surface area (Å²) < 4.78 is 9.98. The minimum absolute atomic E-state index is 0.0265. The zero-order valence-corrected chi connectivity index (χ0v) is 14.7. The van der Waals surface area contributed by atoms with Gasteiger partial charge in [-0.15, -0.1) is 0 Å². The van der Waals surface area contributed by atoms with E-state index in [4.69, 9.17) is 15.2 Å². The fourth-order valence-electron chi connectivity index (χ4n) is 2.37. The van der Waals surface area contributed by atoms with Crippen molar-refractivity contribution in [2.24, 2.45) is 11.7 Å². The molecular weight excluding hydrogens is 344 g/mol. The Labute approximate surface area is 150 Å². The molecule has 0 radical (unpaired) electrons. The van der Waals surface area contributed by atoms with Crippen LogP contribution < -0.4 is 5.73 Å². The molecule has 9 heteroatoms. The summed E-state index contributed by atoms with van der Waals surface area (Å²) in [6, 6.07) is 5.29. The molecule has 142 valence electrons. The number of carbonyl (C=O) groups is 3. The van der Waals surface area contributed by atoms with Crippen molar-refractivity contribution in [1.29, 1.82) is 0 Å². The summed E-state index contributed by atoms with van der Waals surface area (Å²) in [5.41, 5.74) is 4.83. The molecule has 0 spiro atoms. The monoisotopic (exact) mass is 366 g/mol. The van der Waals surface area contributed by atoms with E-state index in [9.17, 15) is 24.5 Å². The third-order valence-electron chi connectivity index (χ3n) is 3.51. The Bertz CT molecular complexity index is 655. The van der Waals surface area contributed by atoms with E-state index in [0.717, 1.165) is 6.07 Å². The van der Waals surface area contributed by atoms with Gasteiger partial charge in [0.15, 0.2) is 5.92 Å². The van der Waals surface area contributed by atoms with Crippen molar-refractivity contribution in [3.05, 3.63) is 39.9 Å². The lowest BCUT2D eigenvalue weighted by Gasteiger charge is -2.22. The molecule has 1 unspecified atom stereocenters. The van der Waals surface area contributed by atoms with E-state index in [1.807, 2.05) is 0 Å². The van der Waals surface area contributed by atoms with Crippen molar-refractivity contribution in [2.45, 2.75) is 32.6 Å². The van der Waals surface area contributed by atoms with Gasteiger partial charge in [0.05, 0.1) is 24.1 Å². The molecule has 1 rings (SSSR count). The summed E-state index contributed by atoms with van der Waals surface area (Å²) in [4.78, 5) is 47.4. The van der Waals surface area contributed by atoms with Crippen molar-refractivity contribution < 1.29 is 28.8 Å². The van der Waals surface area contributed by atoms with Gasteiger partial charge >= 0.3 is 11.9 Å². The molecule has 9 nitrogen and oxygen atoms in total. The van der Waals surface area contributed by atoms with Gasteiger partial charge in [0.2, 0.25) is 5.91 Å². The number of benzene rings is 1. The van der Waals surface area contributed by atoms with Crippen LogP contribution >= 0.6 is 0 Å². The predicted octanol–water partition coefficient (Wildman–Crippen LogP) is 1.69. The molecule has 26 heavy (non-hydrogen) atoms. The van der Waals surface area contributed by atoms with Gasteiger partial charge in [-0.05, 0) is 12.8 Å². The lowest BCUT2D eigenvalue weighted by Crippen LogP contribution is -2.40. The highest BCUT2D eigenvalue weighted by molar-refractivity contribution is 6.02. The maximum atomic E-state index is 12.4. The lowest BCUT2D eigenvalue weighted by molar-refractivity contribution is -0.385. The van der Waals surface area contributed by atoms with E-state index in [1.165, 1.54) is 18.2 Å². The van der Waals surface area contributed by atoms with Gasteiger partial charge in [-0.2, -0.15) is 0 Å². The Hall–Kier alpha value is -2.97. The molecule has 1 amide bonds. The fourth-order valence-corrected chi connectivity index (χ4v) is 2.37. The van der Waals surface area contributed by atoms with E-state index in [2.05, 4.69) is 0 Å². The van der Waals surface area contributed by atoms with Crippen LogP contribution in [-0.2, 0) is 23.9 Å². The quantitative estimate of drug-likeness (QED) is 0.288. The van der Waals surface area contributed by atoms with Gasteiger partial charge in [0.25, 0.3) is 5.69 Å². The summed E-state index contributed by atoms with van der Waals surface area (Å²) in [6.07, 6.45) is 0.990. The molecule has 0 aliphatic rings. The van der Waals surface area contributed by atoms with Gasteiger partial charge in [-0.25, -0.2) is 0 Å². The minimum Gasteiger partial charge on any atom is -0.465 e. The summed E-state index contributed by atoms with van der Waals surface area (Å²) in [5, 5.41) is 11.3. The van der Waals surface area contributed by atoms with Crippen LogP contribution in [0.25, 0.3) is 0 Å². The number of nitrogens with two attached hydrogens (primary N) is 1. The average molecular weight is 366 g/mol. The van der Waals surface area contributed by atoms with Crippen LogP contribution in [0, 0.1) is 16.0 Å². The third-order valence-corrected chi connectivity index (χ3v) is 3.51. The molecule has 0 fully saturated rings. The van der Waals surface area contributed by atoms with Gasteiger partial charge in [-0.1, -0.05) is 32.0 Å². The Morgan fingerprint density at radius 2 is 1.58 bits per heavy atom. The lowest BCUT2D eigenvalue weighted by atomic mass is 9.84. The number of esters is 2. The van der Waals surface area contributed by atoms with Crippen molar-refractivity contribution in [3.63, 3.8) is 0 Å². The number of hydrogen-bond acceptors (Lipinski definition) is 7. The molecule has 2 N–H and O–H groups in total. The van der Waals surface area contributed by atoms with Gasteiger partial charge < -0.3 is 15.2 Å². The second-order valence-corrected chi connectivity index (χ2v) is 5.51. The van der Waals surface area contributed by atoms with E-state index in [-0.39, 0.29) is 18.8 Å². The fraction of sp³-hybridized carbons (Fsp3) is 0.471. The molecule has 1 atom stereocenters. The number of nitro benzene ring substituents is 1. The van der Waals surface area contributed by atoms with Crippen LogP contribution in [0.15, 0.2) is 24.3 Å². The SMILES string of the molecule is CCCOC(=O)C(C(=O)OCCC)C(C(N)=O)c1ccccc1[N+](=O)[O-]. The first-order valence-electron chi connectivity index (χ1n) is 8.20. The highest BCUT2D eigenvalue weighted by atomic mass is 16.6. The van der Waals surface area contributed by atoms with Crippen LogP contribution in [0.5, 0.6) is 0 Å². The Morgan fingerprint density at radius 1 is 1.08 bits per heavy atom. The molecule has 0 aliphatic heterocycles. The topological polar surface area (TPSA) is 139 Å². The molecule has 1 aromatic carbocycles. The van der Waals surface area contributed by atoms with Gasteiger partial charge in [-0.3, -0.25) is 24.5 Å². The van der Waals surface area contributed by atoms with Crippen molar-refractivity contribution in [2.75, 3.05) is 13.2 Å². The molecule has 0 saturated carbocycles. The maximum Gasteiger partial charge on any atom is 0.321 e. The maximum absolute atomic E-state index is 12.4. The second-order valence-electron chi connectivity index (χ2n) is 5.51. The zero-order valence-electron chi connectivity index (χ0n) is 14.7. The number of nitrogens with zero attached hydrogens (tertiary/aromatic N) is 1. The van der Waals surface area contributed by atoms with E-state index in [0.29, 0.717) is 12.8 Å². The van der Waals surface area contributed by atoms with Crippen LogP contribution in [0.4, 0.5) is 5.69 Å². The summed E-state index contributed by atoms with van der Waals surface area (Å²) in [6.45, 7) is 3.56. The summed E-state index contributed by atoms with van der Waals surface area (Å²) in [5.74, 6) is -6.37. The predicted molar refractivity (Wildman–Crippen MR) is 91.0 cm³/mol. The molecule has 0 bridgehead atoms. The Morgan fingerprint density at radius 3 is 2.00 bits per heavy atom. The number of hydrogen-bond donors (Lipinski definition) is 1. The molecule has 0 aliphatic carbocycles. The number of ether oxygens (including phenoxy) is 2. The number of nitro groups is 1. The molecule has 0 heterocycles. The van der Waals surface area contributed by atoms with Gasteiger partial charge in [0, 0.05) is 11.6 Å². The van der Waals surface area contributed by atoms with Crippen LogP contribution in [-0.4, -0.2) is 36.0 Å².